The van der Waals surface area contributed by atoms with Crippen LogP contribution in [0.15, 0.2) is 30.3 Å². The van der Waals surface area contributed by atoms with Crippen molar-refractivity contribution in [2.45, 2.75) is 117 Å². The minimum absolute atomic E-state index is 0.180. The first kappa shape index (κ1) is 38.7. The second-order valence-electron chi connectivity index (χ2n) is 15.2. The molecule has 2 rings (SSSR count). The molecule has 0 bridgehead atoms. The third-order valence-corrected chi connectivity index (χ3v) is 8.43. The Morgan fingerprint density at radius 3 is 2.07 bits per heavy atom. The second kappa shape index (κ2) is 15.4. The highest BCUT2D eigenvalue weighted by Gasteiger charge is 2.45. The van der Waals surface area contributed by atoms with E-state index < -0.39 is 58.6 Å². The standard InChI is InChI=1S/C35H56N4O7/c1-22(2)26(30(42)39-20-16-19-24(39)31(43)45-12)36-21-25(40)27(33(3,4)5)37-29(41)28(38(11)32(44)46-34(6,7)8)35(9,10)23-17-14-13-15-18-23/h13-15,17-18,22,24,26-28,36H,16,19-21H2,1-12H3,(H,37,41). The normalized spacial score (nSPS) is 17.6. The van der Waals surface area contributed by atoms with Gasteiger partial charge in [0.1, 0.15) is 17.7 Å². The Morgan fingerprint density at radius 2 is 1.57 bits per heavy atom. The van der Waals surface area contributed by atoms with E-state index in [0.717, 1.165) is 5.56 Å². The van der Waals surface area contributed by atoms with Crippen LogP contribution in [0.5, 0.6) is 0 Å². The van der Waals surface area contributed by atoms with E-state index in [1.54, 1.807) is 20.8 Å². The van der Waals surface area contributed by atoms with Gasteiger partial charge < -0.3 is 19.7 Å². The number of carbonyl (C=O) groups excluding carboxylic acids is 5. The topological polar surface area (TPSA) is 134 Å². The van der Waals surface area contributed by atoms with E-state index in [1.165, 1.54) is 24.0 Å². The SMILES string of the molecule is COC(=O)C1CCCN1C(=O)C(NCC(=O)C(NC(=O)C(N(C)C(=O)OC(C)(C)C)C(C)(C)c1ccccc1)C(C)(C)C)C(C)C. The zero-order valence-electron chi connectivity index (χ0n) is 29.9. The van der Waals surface area contributed by atoms with Gasteiger partial charge in [-0.2, -0.15) is 0 Å². The van der Waals surface area contributed by atoms with Gasteiger partial charge in [-0.05, 0) is 50.5 Å². The molecule has 1 aromatic rings. The monoisotopic (exact) mass is 644 g/mol. The number of ketones is 1. The Labute approximate surface area is 275 Å². The van der Waals surface area contributed by atoms with Crippen LogP contribution in [0.1, 0.15) is 87.6 Å². The van der Waals surface area contributed by atoms with E-state index in [0.29, 0.717) is 19.4 Å². The van der Waals surface area contributed by atoms with Gasteiger partial charge in [-0.15, -0.1) is 0 Å². The van der Waals surface area contributed by atoms with Gasteiger partial charge in [0.15, 0.2) is 5.78 Å². The molecule has 0 spiro atoms. The molecule has 258 valence electrons. The Morgan fingerprint density at radius 1 is 0.978 bits per heavy atom. The largest absolute Gasteiger partial charge is 0.467 e. The van der Waals surface area contributed by atoms with Gasteiger partial charge in [-0.25, -0.2) is 9.59 Å². The molecular weight excluding hydrogens is 588 g/mol. The van der Waals surface area contributed by atoms with E-state index in [9.17, 15) is 24.0 Å². The maximum atomic E-state index is 14.3. The molecule has 11 nitrogen and oxygen atoms in total. The van der Waals surface area contributed by atoms with E-state index in [-0.39, 0.29) is 24.2 Å². The molecule has 46 heavy (non-hydrogen) atoms. The van der Waals surface area contributed by atoms with Gasteiger partial charge in [-0.1, -0.05) is 78.8 Å². The molecular formula is C35H56N4O7. The number of carbonyl (C=O) groups is 5. The highest BCUT2D eigenvalue weighted by Crippen LogP contribution is 2.32. The first-order valence-electron chi connectivity index (χ1n) is 16.1. The first-order valence-corrected chi connectivity index (χ1v) is 16.1. The summed E-state index contributed by atoms with van der Waals surface area (Å²) in [7, 11) is 2.83. The molecule has 4 unspecified atom stereocenters. The fraction of sp³-hybridized carbons (Fsp3) is 0.686. The Bertz CT molecular complexity index is 1230. The van der Waals surface area contributed by atoms with Crippen molar-refractivity contribution in [2.75, 3.05) is 27.2 Å². The molecule has 0 aliphatic carbocycles. The molecule has 1 aliphatic heterocycles. The van der Waals surface area contributed by atoms with E-state index in [1.807, 2.05) is 78.8 Å². The molecule has 1 aromatic carbocycles. The van der Waals surface area contributed by atoms with Crippen molar-refractivity contribution >= 4 is 29.7 Å². The highest BCUT2D eigenvalue weighted by molar-refractivity contribution is 5.95. The maximum absolute atomic E-state index is 14.3. The lowest BCUT2D eigenvalue weighted by atomic mass is 9.76. The van der Waals surface area contributed by atoms with Crippen molar-refractivity contribution in [2.24, 2.45) is 11.3 Å². The van der Waals surface area contributed by atoms with Crippen LogP contribution in [0, 0.1) is 11.3 Å². The van der Waals surface area contributed by atoms with Crippen molar-refractivity contribution in [1.82, 2.24) is 20.4 Å². The minimum Gasteiger partial charge on any atom is -0.467 e. The van der Waals surface area contributed by atoms with E-state index in [4.69, 9.17) is 9.47 Å². The van der Waals surface area contributed by atoms with Gasteiger partial charge in [0, 0.05) is 19.0 Å². The van der Waals surface area contributed by atoms with Crippen molar-refractivity contribution in [3.63, 3.8) is 0 Å². The van der Waals surface area contributed by atoms with Crippen LogP contribution >= 0.6 is 0 Å². The summed E-state index contributed by atoms with van der Waals surface area (Å²) < 4.78 is 10.5. The van der Waals surface area contributed by atoms with Crippen LogP contribution in [0.4, 0.5) is 4.79 Å². The quantitative estimate of drug-likeness (QED) is 0.325. The Balaban J connectivity index is 2.36. The van der Waals surface area contributed by atoms with Crippen LogP contribution in [-0.4, -0.2) is 96.5 Å². The molecule has 1 aliphatic rings. The number of benzene rings is 1. The lowest BCUT2D eigenvalue weighted by Gasteiger charge is -2.41. The number of Topliss-reactive ketones (excluding diaryl/α,β-unsaturated/α-hetero) is 1. The lowest BCUT2D eigenvalue weighted by Crippen LogP contribution is -2.62. The van der Waals surface area contributed by atoms with E-state index >= 15 is 0 Å². The molecule has 2 N–H and O–H groups in total. The molecule has 1 fully saturated rings. The summed E-state index contributed by atoms with van der Waals surface area (Å²) in [6.07, 6.45) is 0.548. The number of ether oxygens (including phenoxy) is 2. The number of likely N-dealkylation sites (N-methyl/N-ethyl adjacent to an activating group) is 1. The van der Waals surface area contributed by atoms with Gasteiger partial charge in [0.05, 0.1) is 25.7 Å². The van der Waals surface area contributed by atoms with Crippen LogP contribution in [0.3, 0.4) is 0 Å². The van der Waals surface area contributed by atoms with Crippen molar-refractivity contribution in [3.8, 4) is 0 Å². The number of esters is 1. The average Bonchev–Trinajstić information content (AvgIpc) is 3.44. The van der Waals surface area contributed by atoms with E-state index in [2.05, 4.69) is 10.6 Å². The number of nitrogens with zero attached hydrogens (tertiary/aromatic N) is 2. The number of hydrogen-bond acceptors (Lipinski definition) is 8. The van der Waals surface area contributed by atoms with Crippen LogP contribution in [0.25, 0.3) is 0 Å². The first-order chi connectivity index (χ1) is 21.1. The average molecular weight is 645 g/mol. The van der Waals surface area contributed by atoms with Crippen molar-refractivity contribution in [1.29, 1.82) is 0 Å². The van der Waals surface area contributed by atoms with Crippen LogP contribution in [-0.2, 0) is 34.1 Å². The fourth-order valence-corrected chi connectivity index (χ4v) is 5.96. The summed E-state index contributed by atoms with van der Waals surface area (Å²) in [5, 5.41) is 6.09. The highest BCUT2D eigenvalue weighted by atomic mass is 16.6. The van der Waals surface area contributed by atoms with Crippen LogP contribution in [0.2, 0.25) is 0 Å². The molecule has 0 aromatic heterocycles. The maximum Gasteiger partial charge on any atom is 0.410 e. The van der Waals surface area contributed by atoms with Crippen LogP contribution < -0.4 is 10.6 Å². The second-order valence-corrected chi connectivity index (χ2v) is 15.2. The number of methoxy groups -OCH3 is 1. The van der Waals surface area contributed by atoms with Crippen molar-refractivity contribution < 1.29 is 33.4 Å². The summed E-state index contributed by atoms with van der Waals surface area (Å²) in [6, 6.07) is 6.04. The molecule has 3 amide bonds. The van der Waals surface area contributed by atoms with Gasteiger partial charge in [0.2, 0.25) is 11.8 Å². The Kier molecular flexibility index (Phi) is 13.0. The summed E-state index contributed by atoms with van der Waals surface area (Å²) in [6.45, 7) is 18.5. The summed E-state index contributed by atoms with van der Waals surface area (Å²) in [5.74, 6) is -1.73. The summed E-state index contributed by atoms with van der Waals surface area (Å²) >= 11 is 0. The fourth-order valence-electron chi connectivity index (χ4n) is 5.96. The Hall–Kier alpha value is -3.47. The van der Waals surface area contributed by atoms with Gasteiger partial charge in [-0.3, -0.25) is 24.6 Å². The van der Waals surface area contributed by atoms with Gasteiger partial charge >= 0.3 is 12.1 Å². The predicted molar refractivity (Wildman–Crippen MR) is 177 cm³/mol. The predicted octanol–water partition coefficient (Wildman–Crippen LogP) is 4.08. The zero-order valence-corrected chi connectivity index (χ0v) is 29.9. The molecule has 11 heteroatoms. The number of hydrogen-bond donors (Lipinski definition) is 2. The van der Waals surface area contributed by atoms with Gasteiger partial charge in [0.25, 0.3) is 0 Å². The number of amides is 3. The number of likely N-dealkylation sites (tertiary alicyclic amines) is 1. The molecule has 1 heterocycles. The third kappa shape index (κ3) is 9.77. The summed E-state index contributed by atoms with van der Waals surface area (Å²) in [5.41, 5.74) is -1.53. The number of rotatable bonds is 12. The molecule has 0 radical (unpaired) electrons. The smallest absolute Gasteiger partial charge is 0.410 e. The molecule has 0 saturated carbocycles. The lowest BCUT2D eigenvalue weighted by molar-refractivity contribution is -0.152. The zero-order chi connectivity index (χ0) is 35.2. The molecule has 1 saturated heterocycles. The summed E-state index contributed by atoms with van der Waals surface area (Å²) in [4.78, 5) is 70.1. The third-order valence-electron chi connectivity index (χ3n) is 8.43. The number of nitrogens with one attached hydrogen (secondary N) is 2. The van der Waals surface area contributed by atoms with Crippen molar-refractivity contribution in [3.05, 3.63) is 35.9 Å². The molecule has 4 atom stereocenters. The minimum atomic E-state index is -1.04.